The number of aromatic nitrogens is 2. The molecule has 1 heterocycles. The van der Waals surface area contributed by atoms with E-state index in [1.165, 1.54) is 0 Å². The van der Waals surface area contributed by atoms with Crippen LogP contribution in [0.3, 0.4) is 0 Å². The Morgan fingerprint density at radius 1 is 1.22 bits per heavy atom. The first-order valence-corrected chi connectivity index (χ1v) is 8.92. The van der Waals surface area contributed by atoms with E-state index in [2.05, 4.69) is 10.1 Å². The maximum atomic E-state index is 12.8. The molecule has 1 aromatic heterocycles. The summed E-state index contributed by atoms with van der Waals surface area (Å²) in [6, 6.07) is 12.7. The smallest absolute Gasteiger partial charge is 0.255 e. The number of hydrogen-bond acceptors (Lipinski definition) is 5. The lowest BCUT2D eigenvalue weighted by Gasteiger charge is -2.19. The van der Waals surface area contributed by atoms with E-state index in [9.17, 15) is 4.79 Å². The van der Waals surface area contributed by atoms with Crippen LogP contribution in [0.1, 0.15) is 28.7 Å². The van der Waals surface area contributed by atoms with Crippen LogP contribution in [0, 0.1) is 6.92 Å². The van der Waals surface area contributed by atoms with E-state index in [0.717, 1.165) is 16.9 Å². The minimum Gasteiger partial charge on any atom is -0.497 e. The van der Waals surface area contributed by atoms with E-state index in [4.69, 9.17) is 20.9 Å². The molecule has 3 rings (SSSR count). The van der Waals surface area contributed by atoms with E-state index in [-0.39, 0.29) is 12.5 Å². The Balaban J connectivity index is 1.76. The SMILES string of the molecule is CCN(Cc1nc(-c2ccc(OC)cc2)no1)C(=O)c1ccc(C)cc1Cl. The van der Waals surface area contributed by atoms with Crippen molar-refractivity contribution in [1.29, 1.82) is 0 Å². The Labute approximate surface area is 162 Å². The lowest BCUT2D eigenvalue weighted by Crippen LogP contribution is -2.30. The first-order valence-electron chi connectivity index (χ1n) is 8.54. The molecule has 0 fully saturated rings. The molecule has 0 unspecified atom stereocenters. The molecule has 0 radical (unpaired) electrons. The molecule has 0 bridgehead atoms. The number of carbonyl (C=O) groups is 1. The molecule has 0 aliphatic carbocycles. The topological polar surface area (TPSA) is 68.5 Å². The van der Waals surface area contributed by atoms with Crippen molar-refractivity contribution in [2.75, 3.05) is 13.7 Å². The first kappa shape index (κ1) is 18.9. The highest BCUT2D eigenvalue weighted by Crippen LogP contribution is 2.22. The van der Waals surface area contributed by atoms with Crippen LogP contribution in [0.4, 0.5) is 0 Å². The van der Waals surface area contributed by atoms with Gasteiger partial charge in [-0.3, -0.25) is 4.79 Å². The molecular weight excluding hydrogens is 366 g/mol. The van der Waals surface area contributed by atoms with Crippen LogP contribution in [0.2, 0.25) is 5.02 Å². The van der Waals surface area contributed by atoms with Gasteiger partial charge in [0.05, 0.1) is 17.7 Å². The third-order valence-corrected chi connectivity index (χ3v) is 4.48. The Kier molecular flexibility index (Phi) is 5.76. The van der Waals surface area contributed by atoms with Gasteiger partial charge in [0.15, 0.2) is 0 Å². The number of carbonyl (C=O) groups excluding carboxylic acids is 1. The van der Waals surface area contributed by atoms with E-state index in [1.807, 2.05) is 44.2 Å². The summed E-state index contributed by atoms with van der Waals surface area (Å²) in [5.41, 5.74) is 2.27. The zero-order valence-corrected chi connectivity index (χ0v) is 16.2. The molecule has 0 spiro atoms. The average Bonchev–Trinajstić information content (AvgIpc) is 3.14. The summed E-state index contributed by atoms with van der Waals surface area (Å²) in [5, 5.41) is 4.43. The van der Waals surface area contributed by atoms with Gasteiger partial charge in [0.2, 0.25) is 11.7 Å². The second-order valence-electron chi connectivity index (χ2n) is 6.04. The number of aryl methyl sites for hydroxylation is 1. The lowest BCUT2D eigenvalue weighted by atomic mass is 10.1. The molecule has 0 aliphatic rings. The van der Waals surface area contributed by atoms with Crippen LogP contribution >= 0.6 is 11.6 Å². The average molecular weight is 386 g/mol. The van der Waals surface area contributed by atoms with E-state index < -0.39 is 0 Å². The summed E-state index contributed by atoms with van der Waals surface area (Å²) in [7, 11) is 1.61. The van der Waals surface area contributed by atoms with Crippen molar-refractivity contribution < 1.29 is 14.1 Å². The van der Waals surface area contributed by atoms with Crippen LogP contribution in [0.15, 0.2) is 47.0 Å². The number of halogens is 1. The lowest BCUT2D eigenvalue weighted by molar-refractivity contribution is 0.0734. The van der Waals surface area contributed by atoms with Crippen LogP contribution < -0.4 is 4.74 Å². The standard InChI is InChI=1S/C20H20ClN3O3/c1-4-24(20(25)16-10-5-13(2)11-17(16)21)12-18-22-19(23-27-18)14-6-8-15(26-3)9-7-14/h5-11H,4,12H2,1-3H3. The molecule has 3 aromatic rings. The number of nitrogens with zero attached hydrogens (tertiary/aromatic N) is 3. The number of benzene rings is 2. The number of hydrogen-bond donors (Lipinski definition) is 0. The van der Waals surface area contributed by atoms with Gasteiger partial charge in [-0.15, -0.1) is 0 Å². The van der Waals surface area contributed by atoms with Gasteiger partial charge in [-0.05, 0) is 55.8 Å². The quantitative estimate of drug-likeness (QED) is 0.630. The van der Waals surface area contributed by atoms with E-state index in [0.29, 0.717) is 28.8 Å². The third kappa shape index (κ3) is 4.28. The first-order chi connectivity index (χ1) is 13.0. The second kappa shape index (κ2) is 8.22. The van der Waals surface area contributed by atoms with Crippen molar-refractivity contribution in [3.8, 4) is 17.1 Å². The van der Waals surface area contributed by atoms with Crippen LogP contribution in [-0.2, 0) is 6.54 Å². The van der Waals surface area contributed by atoms with Crippen molar-refractivity contribution in [2.24, 2.45) is 0 Å². The molecule has 0 aliphatic heterocycles. The zero-order chi connectivity index (χ0) is 19.4. The van der Waals surface area contributed by atoms with Gasteiger partial charge in [0.1, 0.15) is 12.3 Å². The minimum absolute atomic E-state index is 0.174. The molecular formula is C20H20ClN3O3. The molecule has 2 aromatic carbocycles. The van der Waals surface area contributed by atoms with Crippen LogP contribution in [0.5, 0.6) is 5.75 Å². The van der Waals surface area contributed by atoms with E-state index >= 15 is 0 Å². The zero-order valence-electron chi connectivity index (χ0n) is 15.4. The Hall–Kier alpha value is -2.86. The Morgan fingerprint density at radius 3 is 2.59 bits per heavy atom. The largest absolute Gasteiger partial charge is 0.497 e. The number of methoxy groups -OCH3 is 1. The predicted octanol–water partition coefficient (Wildman–Crippen LogP) is 4.37. The third-order valence-electron chi connectivity index (χ3n) is 4.17. The number of amides is 1. The molecule has 0 saturated carbocycles. The highest BCUT2D eigenvalue weighted by molar-refractivity contribution is 6.33. The molecule has 0 saturated heterocycles. The summed E-state index contributed by atoms with van der Waals surface area (Å²) in [6.45, 7) is 4.52. The monoisotopic (exact) mass is 385 g/mol. The van der Waals surface area contributed by atoms with Crippen molar-refractivity contribution in [3.63, 3.8) is 0 Å². The van der Waals surface area contributed by atoms with Crippen LogP contribution in [0.25, 0.3) is 11.4 Å². The highest BCUT2D eigenvalue weighted by Gasteiger charge is 2.20. The summed E-state index contributed by atoms with van der Waals surface area (Å²) >= 11 is 6.23. The summed E-state index contributed by atoms with van der Waals surface area (Å²) < 4.78 is 10.5. The van der Waals surface area contributed by atoms with Gasteiger partial charge in [-0.1, -0.05) is 22.8 Å². The van der Waals surface area contributed by atoms with Crippen molar-refractivity contribution in [2.45, 2.75) is 20.4 Å². The van der Waals surface area contributed by atoms with Crippen molar-refractivity contribution >= 4 is 17.5 Å². The fourth-order valence-corrected chi connectivity index (χ4v) is 2.95. The molecule has 0 N–H and O–H groups in total. The fraction of sp³-hybridized carbons (Fsp3) is 0.250. The number of ether oxygens (including phenoxy) is 1. The maximum Gasteiger partial charge on any atom is 0.255 e. The van der Waals surface area contributed by atoms with Gasteiger partial charge in [0.25, 0.3) is 5.91 Å². The summed E-state index contributed by atoms with van der Waals surface area (Å²) in [6.07, 6.45) is 0. The molecule has 6 nitrogen and oxygen atoms in total. The molecule has 1 amide bonds. The number of rotatable bonds is 6. The maximum absolute atomic E-state index is 12.8. The highest BCUT2D eigenvalue weighted by atomic mass is 35.5. The second-order valence-corrected chi connectivity index (χ2v) is 6.45. The normalized spacial score (nSPS) is 10.7. The van der Waals surface area contributed by atoms with Gasteiger partial charge < -0.3 is 14.2 Å². The summed E-state index contributed by atoms with van der Waals surface area (Å²) in [4.78, 5) is 18.8. The van der Waals surface area contributed by atoms with Gasteiger partial charge in [-0.2, -0.15) is 4.98 Å². The minimum atomic E-state index is -0.174. The predicted molar refractivity (Wildman–Crippen MR) is 103 cm³/mol. The molecule has 27 heavy (non-hydrogen) atoms. The Morgan fingerprint density at radius 2 is 1.96 bits per heavy atom. The van der Waals surface area contributed by atoms with Gasteiger partial charge in [-0.25, -0.2) is 0 Å². The molecule has 7 heteroatoms. The fourth-order valence-electron chi connectivity index (χ4n) is 2.63. The molecule has 140 valence electrons. The van der Waals surface area contributed by atoms with Gasteiger partial charge in [0, 0.05) is 12.1 Å². The van der Waals surface area contributed by atoms with Crippen LogP contribution in [-0.4, -0.2) is 34.6 Å². The van der Waals surface area contributed by atoms with Crippen molar-refractivity contribution in [3.05, 3.63) is 64.5 Å². The van der Waals surface area contributed by atoms with Gasteiger partial charge >= 0.3 is 0 Å². The van der Waals surface area contributed by atoms with E-state index in [1.54, 1.807) is 24.1 Å². The Bertz CT molecular complexity index is 938. The molecule has 0 atom stereocenters. The summed E-state index contributed by atoms with van der Waals surface area (Å²) in [5.74, 6) is 1.40. The van der Waals surface area contributed by atoms with Crippen molar-refractivity contribution in [1.82, 2.24) is 15.0 Å².